The van der Waals surface area contributed by atoms with Crippen molar-refractivity contribution in [2.24, 2.45) is 0 Å². The highest BCUT2D eigenvalue weighted by Gasteiger charge is 2.11. The molecule has 0 aromatic heterocycles. The maximum atomic E-state index is 5.61. The van der Waals surface area contributed by atoms with Gasteiger partial charge >= 0.3 is 0 Å². The molecule has 19 heavy (non-hydrogen) atoms. The summed E-state index contributed by atoms with van der Waals surface area (Å²) in [6, 6.07) is 6.16. The van der Waals surface area contributed by atoms with Gasteiger partial charge in [-0.2, -0.15) is 0 Å². The summed E-state index contributed by atoms with van der Waals surface area (Å²) in [5.41, 5.74) is 2.50. The van der Waals surface area contributed by atoms with Crippen LogP contribution in [0.4, 0.5) is 0 Å². The molecule has 1 N–H and O–H groups in total. The van der Waals surface area contributed by atoms with Crippen LogP contribution in [0.2, 0.25) is 0 Å². The Labute approximate surface area is 115 Å². The smallest absolute Gasteiger partial charge is 0.161 e. The van der Waals surface area contributed by atoms with Crippen LogP contribution in [-0.2, 0) is 0 Å². The van der Waals surface area contributed by atoms with Gasteiger partial charge in [0.2, 0.25) is 0 Å². The first kappa shape index (κ1) is 13.9. The van der Waals surface area contributed by atoms with Gasteiger partial charge in [0, 0.05) is 0 Å². The summed E-state index contributed by atoms with van der Waals surface area (Å²) in [6.45, 7) is 7.74. The van der Waals surface area contributed by atoms with Gasteiger partial charge in [0.05, 0.1) is 0 Å². The molecule has 0 aliphatic carbocycles. The largest absolute Gasteiger partial charge is 0.486 e. The zero-order chi connectivity index (χ0) is 13.5. The Balaban J connectivity index is 1.94. The average molecular weight is 261 g/mol. The molecule has 0 atom stereocenters. The van der Waals surface area contributed by atoms with Gasteiger partial charge in [0.1, 0.15) is 13.2 Å². The van der Waals surface area contributed by atoms with Crippen molar-refractivity contribution in [1.29, 1.82) is 0 Å². The Kier molecular flexibility index (Phi) is 5.28. The van der Waals surface area contributed by atoms with Crippen LogP contribution in [0.5, 0.6) is 11.5 Å². The lowest BCUT2D eigenvalue weighted by molar-refractivity contribution is 0.171. The van der Waals surface area contributed by atoms with E-state index in [4.69, 9.17) is 9.47 Å². The van der Waals surface area contributed by atoms with Crippen LogP contribution < -0.4 is 14.8 Å². The predicted molar refractivity (Wildman–Crippen MR) is 78.9 cm³/mol. The molecule has 1 aliphatic heterocycles. The molecule has 3 heteroatoms. The maximum Gasteiger partial charge on any atom is 0.161 e. The van der Waals surface area contributed by atoms with Gasteiger partial charge in [-0.3, -0.25) is 0 Å². The maximum absolute atomic E-state index is 5.61. The third kappa shape index (κ3) is 4.00. The standard InChI is InChI=1S/C16H23NO2/c1-3-8-17-9-4-5-13(2)14-6-7-15-16(12-14)19-11-10-18-15/h5-7,12,17H,3-4,8-11H2,1-2H3. The molecule has 104 valence electrons. The minimum Gasteiger partial charge on any atom is -0.486 e. The molecule has 0 saturated carbocycles. The van der Waals surface area contributed by atoms with Gasteiger partial charge in [-0.15, -0.1) is 0 Å². The van der Waals surface area contributed by atoms with E-state index >= 15 is 0 Å². The molecule has 1 aromatic rings. The van der Waals surface area contributed by atoms with Crippen LogP contribution >= 0.6 is 0 Å². The molecule has 1 heterocycles. The highest BCUT2D eigenvalue weighted by molar-refractivity contribution is 5.66. The molecule has 3 nitrogen and oxygen atoms in total. The third-order valence-corrected chi connectivity index (χ3v) is 3.20. The minimum atomic E-state index is 0.639. The number of allylic oxidation sites excluding steroid dienone is 1. The second-order valence-corrected chi connectivity index (χ2v) is 4.78. The molecule has 0 fully saturated rings. The van der Waals surface area contributed by atoms with E-state index in [1.807, 2.05) is 6.07 Å². The van der Waals surface area contributed by atoms with E-state index in [0.717, 1.165) is 31.0 Å². The molecule has 2 rings (SSSR count). The van der Waals surface area contributed by atoms with Gasteiger partial charge in [0.25, 0.3) is 0 Å². The topological polar surface area (TPSA) is 30.5 Å². The van der Waals surface area contributed by atoms with Crippen molar-refractivity contribution < 1.29 is 9.47 Å². The van der Waals surface area contributed by atoms with Crippen LogP contribution in [0.25, 0.3) is 5.57 Å². The van der Waals surface area contributed by atoms with Gasteiger partial charge in [0.15, 0.2) is 11.5 Å². The van der Waals surface area contributed by atoms with Gasteiger partial charge < -0.3 is 14.8 Å². The fourth-order valence-corrected chi connectivity index (χ4v) is 2.10. The molecular weight excluding hydrogens is 238 g/mol. The first-order valence-electron chi connectivity index (χ1n) is 7.08. The summed E-state index contributed by atoms with van der Waals surface area (Å²) < 4.78 is 11.1. The average Bonchev–Trinajstić information content (AvgIpc) is 2.46. The molecule has 1 aliphatic rings. The normalized spacial score (nSPS) is 14.5. The summed E-state index contributed by atoms with van der Waals surface area (Å²) >= 11 is 0. The summed E-state index contributed by atoms with van der Waals surface area (Å²) in [4.78, 5) is 0. The molecule has 0 amide bonds. The number of hydrogen-bond acceptors (Lipinski definition) is 3. The van der Waals surface area contributed by atoms with E-state index < -0.39 is 0 Å². The molecule has 1 aromatic carbocycles. The van der Waals surface area contributed by atoms with E-state index in [2.05, 4.69) is 37.4 Å². The van der Waals surface area contributed by atoms with Crippen molar-refractivity contribution >= 4 is 5.57 Å². The molecule has 0 bridgehead atoms. The van der Waals surface area contributed by atoms with E-state index in [-0.39, 0.29) is 0 Å². The Morgan fingerprint density at radius 1 is 1.21 bits per heavy atom. The van der Waals surface area contributed by atoms with Gasteiger partial charge in [-0.1, -0.05) is 19.1 Å². The zero-order valence-electron chi connectivity index (χ0n) is 11.9. The van der Waals surface area contributed by atoms with Crippen molar-refractivity contribution in [3.05, 3.63) is 29.8 Å². The minimum absolute atomic E-state index is 0.639. The highest BCUT2D eigenvalue weighted by atomic mass is 16.6. The highest BCUT2D eigenvalue weighted by Crippen LogP contribution is 2.32. The van der Waals surface area contributed by atoms with Crippen molar-refractivity contribution in [3.8, 4) is 11.5 Å². The van der Waals surface area contributed by atoms with Crippen LogP contribution in [0.1, 0.15) is 32.3 Å². The lowest BCUT2D eigenvalue weighted by Gasteiger charge is -2.19. The number of rotatable bonds is 6. The molecule has 0 radical (unpaired) electrons. The van der Waals surface area contributed by atoms with Crippen molar-refractivity contribution in [2.45, 2.75) is 26.7 Å². The van der Waals surface area contributed by atoms with Crippen molar-refractivity contribution in [2.75, 3.05) is 26.3 Å². The number of ether oxygens (including phenoxy) is 2. The molecule has 0 unspecified atom stereocenters. The fraction of sp³-hybridized carbons (Fsp3) is 0.500. The monoisotopic (exact) mass is 261 g/mol. The molecule has 0 saturated heterocycles. The Bertz CT molecular complexity index is 440. The summed E-state index contributed by atoms with van der Waals surface area (Å²) in [7, 11) is 0. The summed E-state index contributed by atoms with van der Waals surface area (Å²) in [5, 5.41) is 3.40. The van der Waals surface area contributed by atoms with Crippen molar-refractivity contribution in [1.82, 2.24) is 5.32 Å². The van der Waals surface area contributed by atoms with E-state index in [0.29, 0.717) is 13.2 Å². The second kappa shape index (κ2) is 7.19. The van der Waals surface area contributed by atoms with Crippen LogP contribution in [-0.4, -0.2) is 26.3 Å². The second-order valence-electron chi connectivity index (χ2n) is 4.78. The molecule has 0 spiro atoms. The van der Waals surface area contributed by atoms with E-state index in [9.17, 15) is 0 Å². The Hall–Kier alpha value is -1.48. The van der Waals surface area contributed by atoms with Crippen LogP contribution in [0.3, 0.4) is 0 Å². The quantitative estimate of drug-likeness (QED) is 0.797. The predicted octanol–water partition coefficient (Wildman–Crippen LogP) is 3.25. The van der Waals surface area contributed by atoms with Crippen LogP contribution in [0.15, 0.2) is 24.3 Å². The SMILES string of the molecule is CCCNCCC=C(C)c1ccc2c(c1)OCCO2. The summed E-state index contributed by atoms with van der Waals surface area (Å²) in [5.74, 6) is 1.72. The number of nitrogens with one attached hydrogen (secondary N) is 1. The third-order valence-electron chi connectivity index (χ3n) is 3.20. The lowest BCUT2D eigenvalue weighted by Crippen LogP contribution is -2.15. The first-order chi connectivity index (χ1) is 9.31. The Morgan fingerprint density at radius 2 is 2.00 bits per heavy atom. The number of benzene rings is 1. The van der Waals surface area contributed by atoms with Crippen LogP contribution in [0, 0.1) is 0 Å². The van der Waals surface area contributed by atoms with Gasteiger partial charge in [-0.25, -0.2) is 0 Å². The van der Waals surface area contributed by atoms with Crippen molar-refractivity contribution in [3.63, 3.8) is 0 Å². The fourth-order valence-electron chi connectivity index (χ4n) is 2.10. The number of hydrogen-bond donors (Lipinski definition) is 1. The van der Waals surface area contributed by atoms with E-state index in [1.165, 1.54) is 17.6 Å². The zero-order valence-corrected chi connectivity index (χ0v) is 11.9. The molecular formula is C16H23NO2. The van der Waals surface area contributed by atoms with E-state index in [1.54, 1.807) is 0 Å². The summed E-state index contributed by atoms with van der Waals surface area (Å²) in [6.07, 6.45) is 4.51. The lowest BCUT2D eigenvalue weighted by atomic mass is 10.1. The number of fused-ring (bicyclic) bond motifs is 1. The first-order valence-corrected chi connectivity index (χ1v) is 7.08. The Morgan fingerprint density at radius 3 is 2.79 bits per heavy atom. The van der Waals surface area contributed by atoms with Gasteiger partial charge in [-0.05, 0) is 56.1 Å².